The standard InChI is InChI=1S/C21H31N3O5S/c1-21(2,3)20(26)23-10-8-16(9-11-23)19(25)22-17-4-6-18(7-5-17)30(27,28)24-12-14-29-15-13-24/h4-7,16H,8-15H2,1-3H3,(H,22,25). The number of amides is 2. The van der Waals surface area contributed by atoms with Crippen LogP contribution in [0.15, 0.2) is 29.2 Å². The van der Waals surface area contributed by atoms with Gasteiger partial charge in [-0.15, -0.1) is 0 Å². The van der Waals surface area contributed by atoms with Crippen molar-refractivity contribution in [1.29, 1.82) is 0 Å². The molecule has 2 heterocycles. The molecule has 3 rings (SSSR count). The predicted octanol–water partition coefficient (Wildman–Crippen LogP) is 1.93. The minimum absolute atomic E-state index is 0.0957. The van der Waals surface area contributed by atoms with Crippen LogP contribution in [0, 0.1) is 11.3 Å². The fraction of sp³-hybridized carbons (Fsp3) is 0.619. The lowest BCUT2D eigenvalue weighted by Crippen LogP contribution is -2.45. The lowest BCUT2D eigenvalue weighted by Gasteiger charge is -2.35. The van der Waals surface area contributed by atoms with Crippen LogP contribution in [0.4, 0.5) is 5.69 Å². The van der Waals surface area contributed by atoms with Crippen molar-refractivity contribution in [2.45, 2.75) is 38.5 Å². The van der Waals surface area contributed by atoms with Crippen molar-refractivity contribution in [2.75, 3.05) is 44.7 Å². The number of rotatable bonds is 4. The number of ether oxygens (including phenoxy) is 1. The molecule has 166 valence electrons. The van der Waals surface area contributed by atoms with Crippen LogP contribution in [0.2, 0.25) is 0 Å². The molecule has 2 fully saturated rings. The number of hydrogen-bond acceptors (Lipinski definition) is 5. The summed E-state index contributed by atoms with van der Waals surface area (Å²) in [5.41, 5.74) is 0.146. The lowest BCUT2D eigenvalue weighted by atomic mass is 9.90. The van der Waals surface area contributed by atoms with Gasteiger partial charge in [-0.2, -0.15) is 4.31 Å². The molecule has 1 N–H and O–H groups in total. The third kappa shape index (κ3) is 5.19. The van der Waals surface area contributed by atoms with E-state index >= 15 is 0 Å². The highest BCUT2D eigenvalue weighted by molar-refractivity contribution is 7.89. The monoisotopic (exact) mass is 437 g/mol. The van der Waals surface area contributed by atoms with E-state index in [1.165, 1.54) is 16.4 Å². The van der Waals surface area contributed by atoms with Crippen molar-refractivity contribution in [1.82, 2.24) is 9.21 Å². The Balaban J connectivity index is 1.56. The minimum atomic E-state index is -3.55. The van der Waals surface area contributed by atoms with Crippen LogP contribution in [-0.2, 0) is 24.3 Å². The zero-order valence-corrected chi connectivity index (χ0v) is 18.7. The zero-order valence-electron chi connectivity index (χ0n) is 17.9. The van der Waals surface area contributed by atoms with Crippen molar-refractivity contribution in [3.8, 4) is 0 Å². The highest BCUT2D eigenvalue weighted by Crippen LogP contribution is 2.25. The SMILES string of the molecule is CC(C)(C)C(=O)N1CCC(C(=O)Nc2ccc(S(=O)(=O)N3CCOCC3)cc2)CC1. The van der Waals surface area contributed by atoms with Gasteiger partial charge in [-0.05, 0) is 37.1 Å². The number of sulfonamides is 1. The van der Waals surface area contributed by atoms with Crippen LogP contribution in [-0.4, -0.2) is 68.8 Å². The third-order valence-corrected chi connectivity index (χ3v) is 7.44. The molecule has 8 nitrogen and oxygen atoms in total. The van der Waals surface area contributed by atoms with Crippen LogP contribution < -0.4 is 5.32 Å². The maximum Gasteiger partial charge on any atom is 0.243 e. The van der Waals surface area contributed by atoms with Crippen molar-refractivity contribution in [3.05, 3.63) is 24.3 Å². The molecule has 0 radical (unpaired) electrons. The van der Waals surface area contributed by atoms with Gasteiger partial charge in [0.05, 0.1) is 18.1 Å². The van der Waals surface area contributed by atoms with Gasteiger partial charge >= 0.3 is 0 Å². The van der Waals surface area contributed by atoms with E-state index in [0.717, 1.165) is 0 Å². The van der Waals surface area contributed by atoms with Crippen LogP contribution >= 0.6 is 0 Å². The summed E-state index contributed by atoms with van der Waals surface area (Å²) in [4.78, 5) is 27.0. The fourth-order valence-electron chi connectivity index (χ4n) is 3.71. The first-order valence-electron chi connectivity index (χ1n) is 10.4. The van der Waals surface area contributed by atoms with E-state index in [1.54, 1.807) is 12.1 Å². The molecule has 0 atom stereocenters. The second-order valence-electron chi connectivity index (χ2n) is 8.85. The summed E-state index contributed by atoms with van der Waals surface area (Å²) in [5, 5.41) is 2.87. The normalized spacial score (nSPS) is 19.5. The van der Waals surface area contributed by atoms with Gasteiger partial charge in [0.1, 0.15) is 0 Å². The molecule has 0 spiro atoms. The number of carbonyl (C=O) groups excluding carboxylic acids is 2. The van der Waals surface area contributed by atoms with E-state index in [0.29, 0.717) is 57.9 Å². The second kappa shape index (κ2) is 9.03. The first kappa shape index (κ1) is 22.7. The maximum atomic E-state index is 12.7. The molecule has 0 unspecified atom stereocenters. The predicted molar refractivity (Wildman–Crippen MR) is 113 cm³/mol. The molecule has 30 heavy (non-hydrogen) atoms. The Bertz CT molecular complexity index is 863. The topological polar surface area (TPSA) is 96.0 Å². The first-order valence-corrected chi connectivity index (χ1v) is 11.8. The van der Waals surface area contributed by atoms with E-state index in [1.807, 2.05) is 25.7 Å². The van der Waals surface area contributed by atoms with Crippen LogP contribution in [0.25, 0.3) is 0 Å². The quantitative estimate of drug-likeness (QED) is 0.777. The first-order chi connectivity index (χ1) is 14.1. The van der Waals surface area contributed by atoms with Crippen LogP contribution in [0.3, 0.4) is 0 Å². The van der Waals surface area contributed by atoms with E-state index in [-0.39, 0.29) is 22.6 Å². The van der Waals surface area contributed by atoms with E-state index < -0.39 is 15.4 Å². The number of nitrogens with zero attached hydrogens (tertiary/aromatic N) is 2. The van der Waals surface area contributed by atoms with Gasteiger partial charge in [0.25, 0.3) is 0 Å². The zero-order chi connectivity index (χ0) is 21.9. The molecule has 1 aromatic carbocycles. The largest absolute Gasteiger partial charge is 0.379 e. The summed E-state index contributed by atoms with van der Waals surface area (Å²) in [6, 6.07) is 6.27. The number of nitrogens with one attached hydrogen (secondary N) is 1. The lowest BCUT2D eigenvalue weighted by molar-refractivity contribution is -0.142. The highest BCUT2D eigenvalue weighted by atomic mass is 32.2. The van der Waals surface area contributed by atoms with Crippen molar-refractivity contribution in [2.24, 2.45) is 11.3 Å². The molecular weight excluding hydrogens is 406 g/mol. The number of piperidine rings is 1. The smallest absolute Gasteiger partial charge is 0.243 e. The minimum Gasteiger partial charge on any atom is -0.379 e. The third-order valence-electron chi connectivity index (χ3n) is 5.52. The van der Waals surface area contributed by atoms with Crippen molar-refractivity contribution >= 4 is 27.5 Å². The van der Waals surface area contributed by atoms with Gasteiger partial charge in [-0.1, -0.05) is 20.8 Å². The Labute approximate surface area is 178 Å². The highest BCUT2D eigenvalue weighted by Gasteiger charge is 2.32. The molecule has 9 heteroatoms. The Hall–Kier alpha value is -1.97. The Morgan fingerprint density at radius 2 is 1.57 bits per heavy atom. The van der Waals surface area contributed by atoms with Gasteiger partial charge in [0.2, 0.25) is 21.8 Å². The summed E-state index contributed by atoms with van der Waals surface area (Å²) in [6.45, 7) is 8.33. The van der Waals surface area contributed by atoms with E-state index in [2.05, 4.69) is 5.32 Å². The maximum absolute atomic E-state index is 12.7. The Morgan fingerprint density at radius 3 is 2.10 bits per heavy atom. The summed E-state index contributed by atoms with van der Waals surface area (Å²) < 4.78 is 32.0. The average Bonchev–Trinajstić information content (AvgIpc) is 2.73. The van der Waals surface area contributed by atoms with Gasteiger partial charge in [0.15, 0.2) is 0 Å². The summed E-state index contributed by atoms with van der Waals surface area (Å²) >= 11 is 0. The summed E-state index contributed by atoms with van der Waals surface area (Å²) in [5.74, 6) is -0.147. The molecule has 0 bridgehead atoms. The number of morpholine rings is 1. The van der Waals surface area contributed by atoms with E-state index in [9.17, 15) is 18.0 Å². The molecule has 2 aliphatic rings. The fourth-order valence-corrected chi connectivity index (χ4v) is 5.12. The average molecular weight is 438 g/mol. The number of likely N-dealkylation sites (tertiary alicyclic amines) is 1. The molecule has 0 saturated carbocycles. The molecular formula is C21H31N3O5S. The summed E-state index contributed by atoms with van der Waals surface area (Å²) in [6.07, 6.45) is 1.24. The van der Waals surface area contributed by atoms with Gasteiger partial charge in [-0.3, -0.25) is 9.59 Å². The molecule has 1 aromatic rings. The number of carbonyl (C=O) groups is 2. The summed E-state index contributed by atoms with van der Waals surface area (Å²) in [7, 11) is -3.55. The van der Waals surface area contributed by atoms with Gasteiger partial charge in [0, 0.05) is 43.2 Å². The van der Waals surface area contributed by atoms with Crippen molar-refractivity contribution in [3.63, 3.8) is 0 Å². The van der Waals surface area contributed by atoms with E-state index in [4.69, 9.17) is 4.74 Å². The molecule has 0 aliphatic carbocycles. The van der Waals surface area contributed by atoms with Crippen molar-refractivity contribution < 1.29 is 22.7 Å². The number of hydrogen-bond donors (Lipinski definition) is 1. The Morgan fingerprint density at radius 1 is 1.00 bits per heavy atom. The number of anilines is 1. The van der Waals surface area contributed by atoms with Crippen LogP contribution in [0.1, 0.15) is 33.6 Å². The molecule has 2 amide bonds. The molecule has 0 aromatic heterocycles. The number of benzene rings is 1. The van der Waals surface area contributed by atoms with Crippen LogP contribution in [0.5, 0.6) is 0 Å². The van der Waals surface area contributed by atoms with Gasteiger partial charge in [-0.25, -0.2) is 8.42 Å². The van der Waals surface area contributed by atoms with Gasteiger partial charge < -0.3 is 15.0 Å². The second-order valence-corrected chi connectivity index (χ2v) is 10.8. The Kier molecular flexibility index (Phi) is 6.84. The molecule has 2 saturated heterocycles. The molecule has 2 aliphatic heterocycles.